The van der Waals surface area contributed by atoms with Crippen molar-refractivity contribution in [2.45, 2.75) is 43.9 Å². The first-order valence-electron chi connectivity index (χ1n) is 11.2. The summed E-state index contributed by atoms with van der Waals surface area (Å²) in [6, 6.07) is 13.7. The molecule has 0 aliphatic carbocycles. The van der Waals surface area contributed by atoms with Crippen molar-refractivity contribution < 1.29 is 18.8 Å². The maximum atomic E-state index is 12.7. The van der Waals surface area contributed by atoms with E-state index in [4.69, 9.17) is 9.26 Å². The first kappa shape index (κ1) is 21.3. The molecule has 8 heteroatoms. The van der Waals surface area contributed by atoms with Gasteiger partial charge < -0.3 is 19.5 Å². The summed E-state index contributed by atoms with van der Waals surface area (Å²) in [7, 11) is 0. The Labute approximate surface area is 191 Å². The van der Waals surface area contributed by atoms with Crippen LogP contribution in [0.5, 0.6) is 0 Å². The average molecular weight is 447 g/mol. The smallest absolute Gasteiger partial charge is 0.276 e. The van der Waals surface area contributed by atoms with Crippen LogP contribution in [0.2, 0.25) is 0 Å². The van der Waals surface area contributed by atoms with Crippen LogP contribution in [0.4, 0.5) is 0 Å². The van der Waals surface area contributed by atoms with E-state index < -0.39 is 5.60 Å². The molecule has 4 heterocycles. The number of ether oxygens (including phenoxy) is 1. The number of nitrogens with zero attached hydrogens (tertiary/aromatic N) is 3. The van der Waals surface area contributed by atoms with Gasteiger partial charge in [0.15, 0.2) is 5.69 Å². The molecule has 2 aliphatic heterocycles. The lowest BCUT2D eigenvalue weighted by Crippen LogP contribution is -2.50. The Hall–Kier alpha value is -3.52. The fraction of sp³-hybridized carbons (Fsp3) is 0.360. The molecule has 1 unspecified atom stereocenters. The van der Waals surface area contributed by atoms with Gasteiger partial charge in [0.05, 0.1) is 18.1 Å². The number of pyridine rings is 1. The Balaban J connectivity index is 1.26. The third kappa shape index (κ3) is 4.52. The van der Waals surface area contributed by atoms with Crippen LogP contribution in [-0.2, 0) is 28.1 Å². The molecule has 170 valence electrons. The highest BCUT2D eigenvalue weighted by Gasteiger charge is 2.44. The SMILES string of the molecule is O=C(CC1Cc2ccccc2C2(CCN(C(=O)c3ccon3)CC2)O1)NCc1cccnc1. The molecule has 2 amide bonds. The van der Waals surface area contributed by atoms with Crippen molar-refractivity contribution >= 4 is 11.8 Å². The number of nitrogens with one attached hydrogen (secondary N) is 1. The van der Waals surface area contributed by atoms with Crippen molar-refractivity contribution in [3.8, 4) is 0 Å². The Morgan fingerprint density at radius 1 is 1.12 bits per heavy atom. The summed E-state index contributed by atoms with van der Waals surface area (Å²) in [6.07, 6.45) is 6.97. The van der Waals surface area contributed by atoms with Gasteiger partial charge in [0, 0.05) is 38.1 Å². The highest BCUT2D eigenvalue weighted by atomic mass is 16.5. The Morgan fingerprint density at radius 3 is 2.73 bits per heavy atom. The molecule has 1 spiro atoms. The van der Waals surface area contributed by atoms with E-state index >= 15 is 0 Å². The zero-order valence-electron chi connectivity index (χ0n) is 18.3. The minimum atomic E-state index is -0.496. The van der Waals surface area contributed by atoms with E-state index in [-0.39, 0.29) is 24.3 Å². The standard InChI is InChI=1S/C25H26N4O4/c30-23(27-17-18-4-3-10-26-16-18)15-20-14-19-5-1-2-6-21(19)25(33-20)8-11-29(12-9-25)24(31)22-7-13-32-28-22/h1-7,10,13,16,20H,8-9,11-12,14-15,17H2,(H,27,30). The fourth-order valence-electron chi connectivity index (χ4n) is 4.85. The van der Waals surface area contributed by atoms with Gasteiger partial charge >= 0.3 is 0 Å². The molecule has 0 bridgehead atoms. The normalized spacial score (nSPS) is 19.2. The molecule has 8 nitrogen and oxygen atoms in total. The van der Waals surface area contributed by atoms with E-state index in [0.717, 1.165) is 5.56 Å². The van der Waals surface area contributed by atoms with Gasteiger partial charge in [0.1, 0.15) is 6.26 Å². The number of benzene rings is 1. The highest BCUT2D eigenvalue weighted by molar-refractivity contribution is 5.92. The van der Waals surface area contributed by atoms with E-state index in [1.165, 1.54) is 17.4 Å². The van der Waals surface area contributed by atoms with Crippen molar-refractivity contribution in [3.05, 3.63) is 83.5 Å². The molecule has 1 N–H and O–H groups in total. The van der Waals surface area contributed by atoms with Crippen LogP contribution in [0.15, 0.2) is 65.6 Å². The van der Waals surface area contributed by atoms with Gasteiger partial charge in [-0.15, -0.1) is 0 Å². The van der Waals surface area contributed by atoms with Crippen LogP contribution >= 0.6 is 0 Å². The number of likely N-dealkylation sites (tertiary alicyclic amines) is 1. The predicted octanol–water partition coefficient (Wildman–Crippen LogP) is 2.85. The van der Waals surface area contributed by atoms with Crippen molar-refractivity contribution in [2.24, 2.45) is 0 Å². The molecule has 2 aromatic heterocycles. The van der Waals surface area contributed by atoms with Gasteiger partial charge in [0.2, 0.25) is 5.91 Å². The second-order valence-corrected chi connectivity index (χ2v) is 8.61. The van der Waals surface area contributed by atoms with E-state index in [0.29, 0.717) is 44.6 Å². The zero-order valence-corrected chi connectivity index (χ0v) is 18.3. The number of rotatable bonds is 5. The average Bonchev–Trinajstić information content (AvgIpc) is 3.39. The van der Waals surface area contributed by atoms with Crippen LogP contribution in [0.25, 0.3) is 0 Å². The van der Waals surface area contributed by atoms with Crippen LogP contribution in [0.1, 0.15) is 46.4 Å². The van der Waals surface area contributed by atoms with Gasteiger partial charge in [-0.25, -0.2) is 0 Å². The molecular weight excluding hydrogens is 420 g/mol. The van der Waals surface area contributed by atoms with Crippen LogP contribution < -0.4 is 5.32 Å². The van der Waals surface area contributed by atoms with Crippen molar-refractivity contribution in [1.29, 1.82) is 0 Å². The van der Waals surface area contributed by atoms with E-state index in [9.17, 15) is 9.59 Å². The van der Waals surface area contributed by atoms with E-state index in [1.54, 1.807) is 23.4 Å². The quantitative estimate of drug-likeness (QED) is 0.647. The van der Waals surface area contributed by atoms with Gasteiger partial charge in [-0.3, -0.25) is 14.6 Å². The molecule has 5 rings (SSSR count). The number of hydrogen-bond donors (Lipinski definition) is 1. The molecule has 2 aliphatic rings. The second-order valence-electron chi connectivity index (χ2n) is 8.61. The maximum absolute atomic E-state index is 12.7. The summed E-state index contributed by atoms with van der Waals surface area (Å²) in [5.74, 6) is -0.175. The second kappa shape index (κ2) is 9.15. The molecular formula is C25H26N4O4. The summed E-state index contributed by atoms with van der Waals surface area (Å²) in [5.41, 5.74) is 3.17. The monoisotopic (exact) mass is 446 g/mol. The van der Waals surface area contributed by atoms with Gasteiger partial charge in [-0.2, -0.15) is 0 Å². The molecule has 1 saturated heterocycles. The predicted molar refractivity (Wildman–Crippen MR) is 119 cm³/mol. The number of hydrogen-bond acceptors (Lipinski definition) is 6. The number of fused-ring (bicyclic) bond motifs is 2. The van der Waals surface area contributed by atoms with Crippen LogP contribution in [0, 0.1) is 0 Å². The van der Waals surface area contributed by atoms with Crippen molar-refractivity contribution in [2.75, 3.05) is 13.1 Å². The Morgan fingerprint density at radius 2 is 1.97 bits per heavy atom. The van der Waals surface area contributed by atoms with Crippen molar-refractivity contribution in [1.82, 2.24) is 20.4 Å². The lowest BCUT2D eigenvalue weighted by molar-refractivity contribution is -0.147. The molecule has 0 radical (unpaired) electrons. The first-order valence-corrected chi connectivity index (χ1v) is 11.2. The lowest BCUT2D eigenvalue weighted by Gasteiger charge is -2.47. The summed E-state index contributed by atoms with van der Waals surface area (Å²) < 4.78 is 11.5. The third-order valence-corrected chi connectivity index (χ3v) is 6.49. The topological polar surface area (TPSA) is 97.6 Å². The molecule has 1 aromatic carbocycles. The molecule has 33 heavy (non-hydrogen) atoms. The van der Waals surface area contributed by atoms with Crippen molar-refractivity contribution in [3.63, 3.8) is 0 Å². The summed E-state index contributed by atoms with van der Waals surface area (Å²) >= 11 is 0. The minimum absolute atomic E-state index is 0.0444. The molecule has 1 fully saturated rings. The summed E-state index contributed by atoms with van der Waals surface area (Å²) in [6.45, 7) is 1.56. The zero-order chi connectivity index (χ0) is 22.7. The number of amides is 2. The Bertz CT molecular complexity index is 1110. The van der Waals surface area contributed by atoms with Crippen LogP contribution in [0.3, 0.4) is 0 Å². The maximum Gasteiger partial charge on any atom is 0.276 e. The number of piperidine rings is 1. The summed E-state index contributed by atoms with van der Waals surface area (Å²) in [4.78, 5) is 31.2. The number of aromatic nitrogens is 2. The summed E-state index contributed by atoms with van der Waals surface area (Å²) in [5, 5.41) is 6.74. The lowest BCUT2D eigenvalue weighted by atomic mass is 9.77. The largest absolute Gasteiger partial charge is 0.366 e. The first-order chi connectivity index (χ1) is 16.1. The van der Waals surface area contributed by atoms with Gasteiger partial charge in [-0.05, 0) is 42.0 Å². The molecule has 0 saturated carbocycles. The third-order valence-electron chi connectivity index (χ3n) is 6.49. The van der Waals surface area contributed by atoms with Gasteiger partial charge in [0.25, 0.3) is 5.91 Å². The Kier molecular flexibility index (Phi) is 5.92. The number of carbonyl (C=O) groups excluding carboxylic acids is 2. The fourth-order valence-corrected chi connectivity index (χ4v) is 4.85. The molecule has 1 atom stereocenters. The minimum Gasteiger partial charge on any atom is -0.366 e. The van der Waals surface area contributed by atoms with Crippen LogP contribution in [-0.4, -0.2) is 46.0 Å². The molecule has 3 aromatic rings. The highest BCUT2D eigenvalue weighted by Crippen LogP contribution is 2.44. The van der Waals surface area contributed by atoms with E-state index in [1.807, 2.05) is 24.3 Å². The number of carbonyl (C=O) groups is 2. The van der Waals surface area contributed by atoms with Gasteiger partial charge in [-0.1, -0.05) is 35.5 Å². The van der Waals surface area contributed by atoms with E-state index in [2.05, 4.69) is 27.6 Å².